The molecule has 0 heterocycles. The second-order valence-corrected chi connectivity index (χ2v) is 3.28. The summed E-state index contributed by atoms with van der Waals surface area (Å²) in [4.78, 5) is 11.0. The fourth-order valence-electron chi connectivity index (χ4n) is 1.73. The average molecular weight is 202 g/mol. The predicted octanol–water partition coefficient (Wildman–Crippen LogP) is 2.03. The smallest absolute Gasteiger partial charge is 0.336 e. The largest absolute Gasteiger partial charge is 0.478 e. The molecule has 3 heteroatoms. The number of carbonyl (C=O) groups is 1. The van der Waals surface area contributed by atoms with Gasteiger partial charge in [0.15, 0.2) is 0 Å². The van der Waals surface area contributed by atoms with Gasteiger partial charge >= 0.3 is 5.97 Å². The lowest BCUT2D eigenvalue weighted by Gasteiger charge is -2.06. The van der Waals surface area contributed by atoms with Gasteiger partial charge in [-0.1, -0.05) is 30.3 Å². The first-order chi connectivity index (χ1) is 7.24. The average Bonchev–Trinajstić information content (AvgIpc) is 2.27. The van der Waals surface area contributed by atoms with Crippen LogP contribution < -0.4 is 0 Å². The minimum atomic E-state index is -0.971. The van der Waals surface area contributed by atoms with Crippen molar-refractivity contribution in [1.82, 2.24) is 0 Å². The molecule has 0 amide bonds. The standard InChI is InChI=1S/C12H10O3/c13-7-9-5-1-3-8-4-2-6-10(11(8)9)12(14)15/h1-6,13H,7H2,(H,14,15). The van der Waals surface area contributed by atoms with E-state index in [9.17, 15) is 4.79 Å². The number of carboxylic acids is 1. The maximum absolute atomic E-state index is 11.0. The van der Waals surface area contributed by atoms with Gasteiger partial charge in [-0.05, 0) is 17.0 Å². The molecule has 0 unspecified atom stereocenters. The summed E-state index contributed by atoms with van der Waals surface area (Å²) in [5, 5.41) is 19.6. The molecule has 0 aliphatic carbocycles. The molecule has 0 saturated carbocycles. The van der Waals surface area contributed by atoms with Crippen molar-refractivity contribution in [2.75, 3.05) is 0 Å². The topological polar surface area (TPSA) is 57.5 Å². The summed E-state index contributed by atoms with van der Waals surface area (Å²) in [7, 11) is 0. The zero-order chi connectivity index (χ0) is 10.8. The monoisotopic (exact) mass is 202 g/mol. The summed E-state index contributed by atoms with van der Waals surface area (Å²) in [6.45, 7) is -0.151. The SMILES string of the molecule is O=C(O)c1cccc2cccc(CO)c12. The van der Waals surface area contributed by atoms with E-state index < -0.39 is 5.97 Å². The van der Waals surface area contributed by atoms with E-state index in [1.54, 1.807) is 24.3 Å². The van der Waals surface area contributed by atoms with Crippen molar-refractivity contribution < 1.29 is 15.0 Å². The number of aromatic carboxylic acids is 1. The van der Waals surface area contributed by atoms with E-state index in [4.69, 9.17) is 10.2 Å². The van der Waals surface area contributed by atoms with Gasteiger partial charge in [-0.25, -0.2) is 4.79 Å². The van der Waals surface area contributed by atoms with Gasteiger partial charge in [0.25, 0.3) is 0 Å². The maximum Gasteiger partial charge on any atom is 0.336 e. The number of aliphatic hydroxyl groups excluding tert-OH is 1. The minimum Gasteiger partial charge on any atom is -0.478 e. The van der Waals surface area contributed by atoms with Gasteiger partial charge in [0.2, 0.25) is 0 Å². The molecule has 76 valence electrons. The Morgan fingerprint density at radius 3 is 2.40 bits per heavy atom. The number of benzene rings is 2. The van der Waals surface area contributed by atoms with Crippen molar-refractivity contribution in [2.24, 2.45) is 0 Å². The summed E-state index contributed by atoms with van der Waals surface area (Å²) < 4.78 is 0. The maximum atomic E-state index is 11.0. The van der Waals surface area contributed by atoms with E-state index in [0.717, 1.165) is 5.39 Å². The molecule has 0 radical (unpaired) electrons. The van der Waals surface area contributed by atoms with Crippen LogP contribution in [0.4, 0.5) is 0 Å². The number of carboxylic acid groups (broad SMARTS) is 1. The van der Waals surface area contributed by atoms with Crippen molar-refractivity contribution in [3.63, 3.8) is 0 Å². The summed E-state index contributed by atoms with van der Waals surface area (Å²) in [5.41, 5.74) is 0.877. The van der Waals surface area contributed by atoms with Crippen molar-refractivity contribution in [3.05, 3.63) is 47.5 Å². The highest BCUT2D eigenvalue weighted by atomic mass is 16.4. The molecule has 3 nitrogen and oxygen atoms in total. The normalized spacial score (nSPS) is 10.5. The third-order valence-electron chi connectivity index (χ3n) is 2.39. The number of hydrogen-bond acceptors (Lipinski definition) is 2. The van der Waals surface area contributed by atoms with Gasteiger partial charge in [0, 0.05) is 5.39 Å². The Morgan fingerprint density at radius 2 is 1.80 bits per heavy atom. The highest BCUT2D eigenvalue weighted by Crippen LogP contribution is 2.23. The molecule has 2 N–H and O–H groups in total. The Bertz CT molecular complexity index is 512. The minimum absolute atomic E-state index is 0.151. The van der Waals surface area contributed by atoms with Gasteiger partial charge in [-0.2, -0.15) is 0 Å². The molecule has 0 saturated heterocycles. The molecule has 0 aliphatic rings. The van der Waals surface area contributed by atoms with Crippen LogP contribution in [0.2, 0.25) is 0 Å². The summed E-state index contributed by atoms with van der Waals surface area (Å²) in [6, 6.07) is 10.5. The Hall–Kier alpha value is -1.87. The number of fused-ring (bicyclic) bond motifs is 1. The first-order valence-corrected chi connectivity index (χ1v) is 4.59. The molecule has 2 rings (SSSR count). The van der Waals surface area contributed by atoms with Crippen molar-refractivity contribution >= 4 is 16.7 Å². The van der Waals surface area contributed by atoms with Crippen molar-refractivity contribution in [2.45, 2.75) is 6.61 Å². The zero-order valence-electron chi connectivity index (χ0n) is 7.97. The lowest BCUT2D eigenvalue weighted by molar-refractivity contribution is 0.0699. The molecule has 0 aromatic heterocycles. The van der Waals surface area contributed by atoms with Crippen LogP contribution in [0.25, 0.3) is 10.8 Å². The fourth-order valence-corrected chi connectivity index (χ4v) is 1.73. The highest BCUT2D eigenvalue weighted by molar-refractivity contribution is 6.05. The summed E-state index contributed by atoms with van der Waals surface area (Å²) in [5.74, 6) is -0.971. The van der Waals surface area contributed by atoms with Gasteiger partial charge in [-0.3, -0.25) is 0 Å². The Kier molecular flexibility index (Phi) is 2.39. The van der Waals surface area contributed by atoms with Gasteiger partial charge in [0.05, 0.1) is 12.2 Å². The van der Waals surface area contributed by atoms with E-state index in [1.807, 2.05) is 12.1 Å². The van der Waals surface area contributed by atoms with Gasteiger partial charge in [-0.15, -0.1) is 0 Å². The number of rotatable bonds is 2. The highest BCUT2D eigenvalue weighted by Gasteiger charge is 2.10. The summed E-state index contributed by atoms with van der Waals surface area (Å²) in [6.07, 6.45) is 0. The third kappa shape index (κ3) is 1.57. The van der Waals surface area contributed by atoms with Crippen LogP contribution >= 0.6 is 0 Å². The second-order valence-electron chi connectivity index (χ2n) is 3.28. The van der Waals surface area contributed by atoms with Crippen molar-refractivity contribution in [3.8, 4) is 0 Å². The van der Waals surface area contributed by atoms with Gasteiger partial charge in [0.1, 0.15) is 0 Å². The molecule has 0 atom stereocenters. The molecule has 2 aromatic carbocycles. The first-order valence-electron chi connectivity index (χ1n) is 4.59. The lowest BCUT2D eigenvalue weighted by Crippen LogP contribution is -1.99. The lowest BCUT2D eigenvalue weighted by atomic mass is 10.00. The fraction of sp³-hybridized carbons (Fsp3) is 0.0833. The molecule has 0 spiro atoms. The van der Waals surface area contributed by atoms with E-state index in [-0.39, 0.29) is 12.2 Å². The number of aliphatic hydroxyl groups is 1. The van der Waals surface area contributed by atoms with E-state index in [0.29, 0.717) is 10.9 Å². The second kappa shape index (κ2) is 3.71. The molecular weight excluding hydrogens is 192 g/mol. The van der Waals surface area contributed by atoms with E-state index in [2.05, 4.69) is 0 Å². The molecule has 15 heavy (non-hydrogen) atoms. The van der Waals surface area contributed by atoms with Crippen LogP contribution in [0.5, 0.6) is 0 Å². The van der Waals surface area contributed by atoms with Crippen LogP contribution in [0.3, 0.4) is 0 Å². The van der Waals surface area contributed by atoms with Crippen LogP contribution in [0, 0.1) is 0 Å². The molecule has 0 fully saturated rings. The molecule has 0 aliphatic heterocycles. The summed E-state index contributed by atoms with van der Waals surface area (Å²) >= 11 is 0. The van der Waals surface area contributed by atoms with Crippen LogP contribution in [0.1, 0.15) is 15.9 Å². The van der Waals surface area contributed by atoms with Gasteiger partial charge < -0.3 is 10.2 Å². The third-order valence-corrected chi connectivity index (χ3v) is 2.39. The Labute approximate surface area is 86.6 Å². The molecule has 2 aromatic rings. The Morgan fingerprint density at radius 1 is 1.13 bits per heavy atom. The van der Waals surface area contributed by atoms with E-state index in [1.165, 1.54) is 0 Å². The molecular formula is C12H10O3. The van der Waals surface area contributed by atoms with Crippen LogP contribution in [-0.2, 0) is 6.61 Å². The molecule has 0 bridgehead atoms. The quantitative estimate of drug-likeness (QED) is 0.783. The van der Waals surface area contributed by atoms with E-state index >= 15 is 0 Å². The first kappa shape index (κ1) is 9.68. The number of hydrogen-bond donors (Lipinski definition) is 2. The van der Waals surface area contributed by atoms with Crippen molar-refractivity contribution in [1.29, 1.82) is 0 Å². The zero-order valence-corrected chi connectivity index (χ0v) is 7.97. The van der Waals surface area contributed by atoms with Crippen LogP contribution in [-0.4, -0.2) is 16.2 Å². The predicted molar refractivity (Wildman–Crippen MR) is 56.8 cm³/mol. The van der Waals surface area contributed by atoms with Crippen LogP contribution in [0.15, 0.2) is 36.4 Å². The Balaban J connectivity index is 2.87.